The summed E-state index contributed by atoms with van der Waals surface area (Å²) in [6.07, 6.45) is 16.3. The van der Waals surface area contributed by atoms with Gasteiger partial charge in [-0.05, 0) is 31.6 Å². The molecule has 0 aromatic carbocycles. The van der Waals surface area contributed by atoms with Crippen LogP contribution in [0.3, 0.4) is 0 Å². The molecule has 46 heavy (non-hydrogen) atoms. The largest absolute Gasteiger partial charge is 0.463 e. The first-order valence-corrected chi connectivity index (χ1v) is 18.3. The summed E-state index contributed by atoms with van der Waals surface area (Å²) in [7, 11) is 0. The fraction of sp³-hybridized carbons (Fsp3) is 0.865. The van der Waals surface area contributed by atoms with Gasteiger partial charge in [0.15, 0.2) is 0 Å². The Labute approximate surface area is 278 Å². The zero-order valence-electron chi connectivity index (χ0n) is 29.1. The third-order valence-corrected chi connectivity index (χ3v) is 8.91. The Morgan fingerprint density at radius 3 is 1.83 bits per heavy atom. The Bertz CT molecular complexity index is 843. The monoisotopic (exact) mass is 654 g/mol. The van der Waals surface area contributed by atoms with Crippen LogP contribution >= 0.6 is 0 Å². The van der Waals surface area contributed by atoms with Gasteiger partial charge in [0.1, 0.15) is 25.1 Å². The molecular weight excluding hydrogens is 588 g/mol. The number of carbonyl (C=O) groups excluding carboxylic acids is 3. The molecule has 4 N–H and O–H groups in total. The standard InChI is InChI=1S/C37H66O9/c1-4-5-12-18-29(38)22-23-32-33(35(42)25-34(32)41)24-30(39)19-15-16-21-37(44)46-27-31(40)26-45-36(43)20-14-11-9-7-6-8-10-13-17-28(2)3/h22-23,28-29,31-35,38,40-42H,4-21,24-27H2,1-3H3/b23-22+/t29-,31-,32+,33+,34+,35-/m0/s1. The maximum Gasteiger partial charge on any atom is 0.305 e. The number of esters is 2. The van der Waals surface area contributed by atoms with Crippen molar-refractivity contribution in [2.45, 2.75) is 174 Å². The second-order valence-electron chi connectivity index (χ2n) is 13.8. The number of unbranched alkanes of at least 4 members (excludes halogenated alkanes) is 10. The van der Waals surface area contributed by atoms with E-state index in [4.69, 9.17) is 9.47 Å². The number of ether oxygens (including phenoxy) is 2. The summed E-state index contributed by atoms with van der Waals surface area (Å²) in [6.45, 7) is 6.14. The Hall–Kier alpha value is -1.81. The van der Waals surface area contributed by atoms with Crippen molar-refractivity contribution in [3.8, 4) is 0 Å². The summed E-state index contributed by atoms with van der Waals surface area (Å²) in [5, 5.41) is 41.0. The zero-order chi connectivity index (χ0) is 34.2. The van der Waals surface area contributed by atoms with Gasteiger partial charge in [-0.15, -0.1) is 0 Å². The van der Waals surface area contributed by atoms with Gasteiger partial charge in [0.25, 0.3) is 0 Å². The molecule has 9 heteroatoms. The number of carbonyl (C=O) groups is 3. The minimum Gasteiger partial charge on any atom is -0.463 e. The van der Waals surface area contributed by atoms with E-state index in [1.54, 1.807) is 12.2 Å². The molecule has 0 radical (unpaired) electrons. The first-order valence-electron chi connectivity index (χ1n) is 18.3. The molecule has 0 aromatic rings. The van der Waals surface area contributed by atoms with Crippen molar-refractivity contribution >= 4 is 17.7 Å². The lowest BCUT2D eigenvalue weighted by Gasteiger charge is -2.20. The van der Waals surface area contributed by atoms with Crippen molar-refractivity contribution < 1.29 is 44.3 Å². The highest BCUT2D eigenvalue weighted by molar-refractivity contribution is 5.79. The minimum atomic E-state index is -1.09. The third kappa shape index (κ3) is 21.1. The maximum absolute atomic E-state index is 12.6. The number of hydrogen-bond donors (Lipinski definition) is 4. The molecule has 0 spiro atoms. The van der Waals surface area contributed by atoms with Crippen LogP contribution in [0.2, 0.25) is 0 Å². The topological polar surface area (TPSA) is 151 Å². The van der Waals surface area contributed by atoms with E-state index in [1.807, 2.05) is 0 Å². The number of ketones is 1. The highest BCUT2D eigenvalue weighted by atomic mass is 16.6. The first-order chi connectivity index (χ1) is 22.0. The molecule has 6 atom stereocenters. The van der Waals surface area contributed by atoms with E-state index in [-0.39, 0.29) is 56.6 Å². The van der Waals surface area contributed by atoms with Crippen molar-refractivity contribution in [2.24, 2.45) is 17.8 Å². The van der Waals surface area contributed by atoms with E-state index in [1.165, 1.54) is 38.5 Å². The van der Waals surface area contributed by atoms with Gasteiger partial charge in [0.2, 0.25) is 0 Å². The van der Waals surface area contributed by atoms with Gasteiger partial charge in [-0.25, -0.2) is 0 Å². The lowest BCUT2D eigenvalue weighted by molar-refractivity contribution is -0.152. The normalized spacial score (nSPS) is 21.1. The van der Waals surface area contributed by atoms with E-state index >= 15 is 0 Å². The molecule has 268 valence electrons. The third-order valence-electron chi connectivity index (χ3n) is 8.91. The Morgan fingerprint density at radius 2 is 1.24 bits per heavy atom. The summed E-state index contributed by atoms with van der Waals surface area (Å²) in [5.41, 5.74) is 0. The predicted octanol–water partition coefficient (Wildman–Crippen LogP) is 6.37. The Kier molecular flexibility index (Phi) is 24.0. The van der Waals surface area contributed by atoms with Gasteiger partial charge in [-0.3, -0.25) is 14.4 Å². The maximum atomic E-state index is 12.6. The van der Waals surface area contributed by atoms with E-state index in [0.29, 0.717) is 25.7 Å². The second kappa shape index (κ2) is 26.2. The van der Waals surface area contributed by atoms with E-state index < -0.39 is 36.3 Å². The van der Waals surface area contributed by atoms with Crippen LogP contribution in [0.4, 0.5) is 0 Å². The average Bonchev–Trinajstić information content (AvgIpc) is 3.27. The number of rotatable bonds is 28. The van der Waals surface area contributed by atoms with Crippen molar-refractivity contribution in [3.05, 3.63) is 12.2 Å². The zero-order valence-corrected chi connectivity index (χ0v) is 29.1. The molecule has 0 heterocycles. The Morgan fingerprint density at radius 1 is 0.717 bits per heavy atom. The van der Waals surface area contributed by atoms with Crippen LogP contribution in [-0.2, 0) is 23.9 Å². The summed E-state index contributed by atoms with van der Waals surface area (Å²) in [4.78, 5) is 36.6. The van der Waals surface area contributed by atoms with Gasteiger partial charge < -0.3 is 29.9 Å². The van der Waals surface area contributed by atoms with Crippen molar-refractivity contribution in [1.82, 2.24) is 0 Å². The molecule has 1 aliphatic rings. The highest BCUT2D eigenvalue weighted by Gasteiger charge is 2.41. The van der Waals surface area contributed by atoms with Crippen LogP contribution in [0, 0.1) is 17.8 Å². The molecule has 1 saturated carbocycles. The number of aliphatic hydroxyl groups excluding tert-OH is 4. The van der Waals surface area contributed by atoms with Crippen LogP contribution in [0.25, 0.3) is 0 Å². The fourth-order valence-electron chi connectivity index (χ4n) is 6.03. The van der Waals surface area contributed by atoms with Crippen LogP contribution in [0.1, 0.15) is 149 Å². The highest BCUT2D eigenvalue weighted by Crippen LogP contribution is 2.36. The SMILES string of the molecule is CCCCC[C@H](O)/C=C/[C@@H]1[C@@H](CC(=O)CCCCC(=O)OC[C@@H](O)COC(=O)CCCCCCCCCCC(C)C)[C@@H](O)C[C@H]1O. The van der Waals surface area contributed by atoms with Crippen molar-refractivity contribution in [2.75, 3.05) is 13.2 Å². The molecule has 0 aliphatic heterocycles. The summed E-state index contributed by atoms with van der Waals surface area (Å²) >= 11 is 0. The molecule has 0 bridgehead atoms. The van der Waals surface area contributed by atoms with Crippen LogP contribution < -0.4 is 0 Å². The minimum absolute atomic E-state index is 0.0434. The second-order valence-corrected chi connectivity index (χ2v) is 13.8. The smallest absolute Gasteiger partial charge is 0.305 e. The molecule has 1 aliphatic carbocycles. The van der Waals surface area contributed by atoms with Crippen LogP contribution in [0.5, 0.6) is 0 Å². The van der Waals surface area contributed by atoms with Crippen LogP contribution in [0.15, 0.2) is 12.2 Å². The molecule has 0 amide bonds. The number of hydrogen-bond acceptors (Lipinski definition) is 9. The van der Waals surface area contributed by atoms with Crippen LogP contribution in [-0.4, -0.2) is 75.8 Å². The van der Waals surface area contributed by atoms with E-state index in [2.05, 4.69) is 20.8 Å². The van der Waals surface area contributed by atoms with Crippen molar-refractivity contribution in [3.63, 3.8) is 0 Å². The van der Waals surface area contributed by atoms with Gasteiger partial charge in [-0.1, -0.05) is 104 Å². The number of Topliss-reactive ketones (excluding diaryl/α,β-unsaturated/α-hetero) is 1. The molecular formula is C37H66O9. The molecule has 1 rings (SSSR count). The molecule has 0 saturated heterocycles. The molecule has 0 aromatic heterocycles. The summed E-state index contributed by atoms with van der Waals surface area (Å²) in [6, 6.07) is 0. The molecule has 1 fully saturated rings. The molecule has 9 nitrogen and oxygen atoms in total. The van der Waals surface area contributed by atoms with E-state index in [0.717, 1.165) is 44.4 Å². The Balaban J connectivity index is 2.12. The predicted molar refractivity (Wildman–Crippen MR) is 180 cm³/mol. The summed E-state index contributed by atoms with van der Waals surface area (Å²) < 4.78 is 10.2. The molecule has 0 unspecified atom stereocenters. The quantitative estimate of drug-likeness (QED) is 0.0429. The van der Waals surface area contributed by atoms with Gasteiger partial charge in [-0.2, -0.15) is 0 Å². The number of aliphatic hydroxyl groups is 4. The van der Waals surface area contributed by atoms with Gasteiger partial charge in [0, 0.05) is 43.9 Å². The van der Waals surface area contributed by atoms with Crippen molar-refractivity contribution in [1.29, 1.82) is 0 Å². The first kappa shape index (κ1) is 42.2. The summed E-state index contributed by atoms with van der Waals surface area (Å²) in [5.74, 6) is -0.895. The van der Waals surface area contributed by atoms with Gasteiger partial charge >= 0.3 is 11.9 Å². The fourth-order valence-corrected chi connectivity index (χ4v) is 6.03. The lowest BCUT2D eigenvalue weighted by Crippen LogP contribution is -2.25. The average molecular weight is 655 g/mol. The lowest BCUT2D eigenvalue weighted by atomic mass is 9.87. The van der Waals surface area contributed by atoms with Gasteiger partial charge in [0.05, 0.1) is 18.3 Å². The van der Waals surface area contributed by atoms with E-state index in [9.17, 15) is 34.8 Å².